The Morgan fingerprint density at radius 3 is 2.42 bits per heavy atom. The zero-order valence-electron chi connectivity index (χ0n) is 13.3. The van der Waals surface area contributed by atoms with Crippen molar-refractivity contribution < 1.29 is 36.6 Å². The first-order chi connectivity index (χ1) is 11.0. The van der Waals surface area contributed by atoms with Crippen LogP contribution in [-0.4, -0.2) is 24.4 Å². The van der Waals surface area contributed by atoms with Crippen LogP contribution in [0.25, 0.3) is 0 Å². The zero-order valence-corrected chi connectivity index (χ0v) is 13.3. The lowest BCUT2D eigenvalue weighted by molar-refractivity contribution is -0.232. The van der Waals surface area contributed by atoms with Crippen LogP contribution in [-0.2, 0) is 4.79 Å². The van der Waals surface area contributed by atoms with Gasteiger partial charge in [0, 0.05) is 0 Å². The topological polar surface area (TPSA) is 46.5 Å². The van der Waals surface area contributed by atoms with Crippen LogP contribution in [0.1, 0.15) is 32.6 Å². The van der Waals surface area contributed by atoms with Crippen molar-refractivity contribution in [2.24, 2.45) is 11.3 Å². The predicted octanol–water partition coefficient (Wildman–Crippen LogP) is 4.80. The maximum Gasteiger partial charge on any atom is 0.394 e. The maximum absolute atomic E-state index is 12.6. The Morgan fingerprint density at radius 2 is 1.96 bits per heavy atom. The minimum Gasteiger partial charge on any atom is -0.494 e. The van der Waals surface area contributed by atoms with E-state index >= 15 is 0 Å². The fraction of sp³-hybridized carbons (Fsp3) is 0.562. The van der Waals surface area contributed by atoms with Gasteiger partial charge in [0.25, 0.3) is 0 Å². The van der Waals surface area contributed by atoms with E-state index in [0.717, 1.165) is 13.0 Å². The van der Waals surface area contributed by atoms with Crippen molar-refractivity contribution in [3.05, 3.63) is 29.8 Å². The number of benzene rings is 1. The molecule has 1 aliphatic carbocycles. The second-order valence-corrected chi connectivity index (χ2v) is 5.95. The van der Waals surface area contributed by atoms with Gasteiger partial charge in [-0.1, -0.05) is 19.4 Å². The Morgan fingerprint density at radius 1 is 1.33 bits per heavy atom. The van der Waals surface area contributed by atoms with Crippen molar-refractivity contribution in [1.29, 1.82) is 0 Å². The number of methoxy groups -OCH3 is 1. The molecule has 136 valence electrons. The fourth-order valence-corrected chi connectivity index (χ4v) is 2.60. The third kappa shape index (κ3) is 4.82. The summed E-state index contributed by atoms with van der Waals surface area (Å²) in [6.45, 7) is 1.11. The van der Waals surface area contributed by atoms with E-state index in [4.69, 9.17) is 5.11 Å². The Balaban J connectivity index is 0.000000254. The lowest BCUT2D eigenvalue weighted by atomic mass is 9.70. The number of carbonyl (C=O) groups is 1. The lowest BCUT2D eigenvalue weighted by Crippen LogP contribution is -2.41. The molecule has 0 spiro atoms. The van der Waals surface area contributed by atoms with Crippen molar-refractivity contribution in [2.75, 3.05) is 7.11 Å². The van der Waals surface area contributed by atoms with Crippen LogP contribution in [0.15, 0.2) is 18.2 Å². The van der Waals surface area contributed by atoms with E-state index in [1.807, 2.05) is 0 Å². The Kier molecular flexibility index (Phi) is 6.57. The summed E-state index contributed by atoms with van der Waals surface area (Å²) in [7, 11) is 1.29. The number of halogens is 5. The molecule has 1 aromatic carbocycles. The minimum atomic E-state index is -4.29. The van der Waals surface area contributed by atoms with Crippen molar-refractivity contribution in [1.82, 2.24) is 0 Å². The molecule has 2 unspecified atom stereocenters. The molecule has 0 heterocycles. The number of ether oxygens (including phenoxy) is 1. The highest BCUT2D eigenvalue weighted by Gasteiger charge is 2.53. The minimum absolute atomic E-state index is 0.0419. The van der Waals surface area contributed by atoms with Crippen LogP contribution in [0.5, 0.6) is 5.75 Å². The molecule has 1 saturated carbocycles. The normalized spacial score (nSPS) is 23.9. The lowest BCUT2D eigenvalue weighted by Gasteiger charge is -2.38. The number of carboxylic acids is 1. The Hall–Kier alpha value is -1.86. The monoisotopic (exact) mass is 354 g/mol. The van der Waals surface area contributed by atoms with Gasteiger partial charge in [-0.2, -0.15) is 17.6 Å². The molecular weight excluding hydrogens is 335 g/mol. The molecule has 8 heteroatoms. The van der Waals surface area contributed by atoms with Crippen LogP contribution in [0.3, 0.4) is 0 Å². The SMILES string of the molecule is CC1(C(F)(F)F)CCCC(C(=O)O)C1.COc1cccc(F)c1F. The number of hydrogen-bond donors (Lipinski definition) is 1. The summed E-state index contributed by atoms with van der Waals surface area (Å²) in [5.74, 6) is -3.85. The summed E-state index contributed by atoms with van der Waals surface area (Å²) < 4.78 is 67.0. The van der Waals surface area contributed by atoms with Gasteiger partial charge in [0.2, 0.25) is 5.82 Å². The van der Waals surface area contributed by atoms with E-state index in [1.165, 1.54) is 19.2 Å². The van der Waals surface area contributed by atoms with Gasteiger partial charge in [-0.15, -0.1) is 0 Å². The quantitative estimate of drug-likeness (QED) is 0.776. The van der Waals surface area contributed by atoms with Crippen molar-refractivity contribution >= 4 is 5.97 Å². The Bertz CT molecular complexity index is 573. The van der Waals surface area contributed by atoms with Crippen LogP contribution in [0, 0.1) is 23.0 Å². The summed E-state index contributed by atoms with van der Waals surface area (Å²) in [4.78, 5) is 10.6. The van der Waals surface area contributed by atoms with Gasteiger partial charge in [-0.3, -0.25) is 4.79 Å². The highest BCUT2D eigenvalue weighted by atomic mass is 19.4. The number of carboxylic acid groups (broad SMARTS) is 1. The number of hydrogen-bond acceptors (Lipinski definition) is 2. The zero-order chi connectivity index (χ0) is 18.5. The highest BCUT2D eigenvalue weighted by Crippen LogP contribution is 2.50. The van der Waals surface area contributed by atoms with Gasteiger partial charge >= 0.3 is 12.1 Å². The van der Waals surface area contributed by atoms with Crippen LogP contribution in [0.4, 0.5) is 22.0 Å². The first-order valence-electron chi connectivity index (χ1n) is 7.29. The summed E-state index contributed by atoms with van der Waals surface area (Å²) in [6.07, 6.45) is -3.83. The van der Waals surface area contributed by atoms with E-state index in [-0.39, 0.29) is 18.6 Å². The van der Waals surface area contributed by atoms with Gasteiger partial charge in [0.1, 0.15) is 0 Å². The summed E-state index contributed by atoms with van der Waals surface area (Å²) >= 11 is 0. The molecule has 2 atom stereocenters. The second kappa shape index (κ2) is 7.81. The van der Waals surface area contributed by atoms with E-state index < -0.39 is 35.1 Å². The molecule has 2 rings (SSSR count). The van der Waals surface area contributed by atoms with Gasteiger partial charge in [-0.05, 0) is 31.4 Å². The van der Waals surface area contributed by atoms with E-state index in [9.17, 15) is 26.7 Å². The molecule has 0 radical (unpaired) electrons. The van der Waals surface area contributed by atoms with E-state index in [1.54, 1.807) is 0 Å². The molecule has 0 aromatic heterocycles. The average Bonchev–Trinajstić information content (AvgIpc) is 2.49. The molecule has 0 saturated heterocycles. The van der Waals surface area contributed by atoms with E-state index in [0.29, 0.717) is 12.8 Å². The maximum atomic E-state index is 12.6. The van der Waals surface area contributed by atoms with Crippen molar-refractivity contribution in [2.45, 2.75) is 38.8 Å². The second-order valence-electron chi connectivity index (χ2n) is 5.95. The van der Waals surface area contributed by atoms with Crippen molar-refractivity contribution in [3.63, 3.8) is 0 Å². The summed E-state index contributed by atoms with van der Waals surface area (Å²) in [5.41, 5.74) is -1.81. The number of rotatable bonds is 2. The molecular formula is C16H19F5O3. The molecule has 24 heavy (non-hydrogen) atoms. The third-order valence-corrected chi connectivity index (χ3v) is 4.15. The van der Waals surface area contributed by atoms with Crippen LogP contribution < -0.4 is 4.74 Å². The van der Waals surface area contributed by atoms with Crippen LogP contribution >= 0.6 is 0 Å². The fourth-order valence-electron chi connectivity index (χ4n) is 2.60. The van der Waals surface area contributed by atoms with Crippen LogP contribution in [0.2, 0.25) is 0 Å². The predicted molar refractivity (Wildman–Crippen MR) is 76.7 cm³/mol. The van der Waals surface area contributed by atoms with Gasteiger partial charge < -0.3 is 9.84 Å². The first kappa shape index (κ1) is 20.2. The standard InChI is InChI=1S/C9H13F3O2.C7H6F2O/c1-8(9(10,11)12)4-2-3-6(5-8)7(13)14;1-10-6-4-2-3-5(8)7(6)9/h6H,2-5H2,1H3,(H,13,14);2-4H,1H3. The van der Waals surface area contributed by atoms with Gasteiger partial charge in [0.05, 0.1) is 18.4 Å². The third-order valence-electron chi connectivity index (χ3n) is 4.15. The van der Waals surface area contributed by atoms with Gasteiger partial charge in [-0.25, -0.2) is 4.39 Å². The number of aliphatic carboxylic acids is 1. The molecule has 1 fully saturated rings. The molecule has 3 nitrogen and oxygen atoms in total. The molecule has 1 N–H and O–H groups in total. The number of alkyl halides is 3. The summed E-state index contributed by atoms with van der Waals surface area (Å²) in [5, 5.41) is 8.67. The van der Waals surface area contributed by atoms with Gasteiger partial charge in [0.15, 0.2) is 11.6 Å². The molecule has 1 aromatic rings. The Labute approximate surface area is 136 Å². The largest absolute Gasteiger partial charge is 0.494 e. The molecule has 0 aliphatic heterocycles. The smallest absolute Gasteiger partial charge is 0.394 e. The van der Waals surface area contributed by atoms with Crippen molar-refractivity contribution in [3.8, 4) is 5.75 Å². The first-order valence-corrected chi connectivity index (χ1v) is 7.29. The highest BCUT2D eigenvalue weighted by molar-refractivity contribution is 5.70. The summed E-state index contributed by atoms with van der Waals surface area (Å²) in [6, 6.07) is 3.79. The van der Waals surface area contributed by atoms with E-state index in [2.05, 4.69) is 4.74 Å². The molecule has 1 aliphatic rings. The molecule has 0 amide bonds. The molecule has 0 bridgehead atoms. The average molecular weight is 354 g/mol.